The van der Waals surface area contributed by atoms with Gasteiger partial charge < -0.3 is 9.64 Å². The summed E-state index contributed by atoms with van der Waals surface area (Å²) in [7, 11) is 0. The number of benzene rings is 1. The minimum Gasteiger partial charge on any atom is -0.376 e. The van der Waals surface area contributed by atoms with Gasteiger partial charge in [0, 0.05) is 37.7 Å². The number of aromatic nitrogens is 2. The number of H-pyrrole nitrogens is 1. The number of amides is 1. The van der Waals surface area contributed by atoms with Crippen molar-refractivity contribution in [1.29, 1.82) is 0 Å². The van der Waals surface area contributed by atoms with Crippen LogP contribution in [0.4, 0.5) is 0 Å². The second-order valence-electron chi connectivity index (χ2n) is 7.15. The summed E-state index contributed by atoms with van der Waals surface area (Å²) in [5.41, 5.74) is 3.56. The van der Waals surface area contributed by atoms with Crippen LogP contribution in [-0.2, 0) is 28.9 Å². The van der Waals surface area contributed by atoms with Crippen molar-refractivity contribution in [2.75, 3.05) is 13.2 Å². The second-order valence-corrected chi connectivity index (χ2v) is 7.15. The van der Waals surface area contributed by atoms with Crippen LogP contribution in [0.3, 0.4) is 0 Å². The molecule has 1 amide bonds. The molecule has 0 radical (unpaired) electrons. The van der Waals surface area contributed by atoms with Gasteiger partial charge in [-0.15, -0.1) is 0 Å². The number of hydrogen-bond donors (Lipinski definition) is 1. The minimum absolute atomic E-state index is 0.0399. The molecule has 0 bridgehead atoms. The highest BCUT2D eigenvalue weighted by atomic mass is 16.5. The van der Waals surface area contributed by atoms with Crippen LogP contribution in [0.2, 0.25) is 0 Å². The molecule has 0 saturated carbocycles. The monoisotopic (exact) mass is 339 g/mol. The molecule has 25 heavy (non-hydrogen) atoms. The minimum atomic E-state index is 0.0399. The Bertz CT molecular complexity index is 707. The molecule has 1 fully saturated rings. The first-order valence-corrected chi connectivity index (χ1v) is 9.25. The Hall–Kier alpha value is -2.14. The van der Waals surface area contributed by atoms with Gasteiger partial charge in [0.1, 0.15) is 0 Å². The smallest absolute Gasteiger partial charge is 0.226 e. The summed E-state index contributed by atoms with van der Waals surface area (Å²) in [5, 5.41) is 7.18. The van der Waals surface area contributed by atoms with Crippen molar-refractivity contribution in [2.45, 2.75) is 44.8 Å². The van der Waals surface area contributed by atoms with Crippen molar-refractivity contribution < 1.29 is 9.53 Å². The van der Waals surface area contributed by atoms with Crippen LogP contribution < -0.4 is 0 Å². The van der Waals surface area contributed by atoms with Gasteiger partial charge in [-0.3, -0.25) is 9.89 Å². The van der Waals surface area contributed by atoms with E-state index in [1.54, 1.807) is 0 Å². The summed E-state index contributed by atoms with van der Waals surface area (Å²) < 4.78 is 5.79. The summed E-state index contributed by atoms with van der Waals surface area (Å²) in [6.07, 6.45) is 6.82. The predicted molar refractivity (Wildman–Crippen MR) is 94.9 cm³/mol. The molecule has 1 N–H and O–H groups in total. The molecule has 2 atom stereocenters. The molecule has 5 nitrogen and oxygen atoms in total. The number of aromatic amines is 1. The Kier molecular flexibility index (Phi) is 4.83. The third-order valence-corrected chi connectivity index (χ3v) is 5.35. The van der Waals surface area contributed by atoms with Crippen LogP contribution in [0, 0.1) is 5.92 Å². The molecule has 0 unspecified atom stereocenters. The van der Waals surface area contributed by atoms with Gasteiger partial charge in [0.25, 0.3) is 0 Å². The highest BCUT2D eigenvalue weighted by molar-refractivity contribution is 5.79. The lowest BCUT2D eigenvalue weighted by molar-refractivity contribution is -0.138. The summed E-state index contributed by atoms with van der Waals surface area (Å²) in [6, 6.07) is 10.2. The largest absolute Gasteiger partial charge is 0.376 e. The Morgan fingerprint density at radius 1 is 1.28 bits per heavy atom. The lowest BCUT2D eigenvalue weighted by atomic mass is 9.87. The molecule has 1 saturated heterocycles. The average molecular weight is 339 g/mol. The van der Waals surface area contributed by atoms with Gasteiger partial charge in [0.05, 0.1) is 12.3 Å². The number of rotatable bonds is 5. The summed E-state index contributed by atoms with van der Waals surface area (Å²) in [4.78, 5) is 15.3. The molecule has 2 heterocycles. The van der Waals surface area contributed by atoms with Crippen molar-refractivity contribution >= 4 is 5.91 Å². The summed E-state index contributed by atoms with van der Waals surface area (Å²) in [6.45, 7) is 2.17. The number of fused-ring (bicyclic) bond motifs is 1. The van der Waals surface area contributed by atoms with Gasteiger partial charge in [0.2, 0.25) is 5.91 Å². The average Bonchev–Trinajstić information content (AvgIpc) is 3.32. The zero-order valence-electron chi connectivity index (χ0n) is 14.5. The lowest BCUT2D eigenvalue weighted by Crippen LogP contribution is -2.42. The van der Waals surface area contributed by atoms with Crippen molar-refractivity contribution in [3.8, 4) is 0 Å². The van der Waals surface area contributed by atoms with Crippen LogP contribution >= 0.6 is 0 Å². The third kappa shape index (κ3) is 3.76. The number of aryl methyl sites for hydroxylation is 1. The fraction of sp³-hybridized carbons (Fsp3) is 0.500. The van der Waals surface area contributed by atoms with Gasteiger partial charge in [0.15, 0.2) is 0 Å². The molecular formula is C20H25N3O2. The highest BCUT2D eigenvalue weighted by Crippen LogP contribution is 2.26. The molecule has 5 heteroatoms. The van der Waals surface area contributed by atoms with E-state index in [4.69, 9.17) is 4.74 Å². The molecule has 4 rings (SSSR count). The first kappa shape index (κ1) is 16.3. The molecule has 2 aliphatic rings. The van der Waals surface area contributed by atoms with Gasteiger partial charge in [-0.2, -0.15) is 5.10 Å². The zero-order chi connectivity index (χ0) is 17.1. The van der Waals surface area contributed by atoms with Crippen LogP contribution in [0.15, 0.2) is 36.5 Å². The van der Waals surface area contributed by atoms with Crippen LogP contribution in [-0.4, -0.2) is 40.3 Å². The SMILES string of the molecule is O=C([C@H]1CCc2cn[nH]c2C1)N(Cc1ccccc1)C[C@H]1CCCO1. The number of nitrogens with one attached hydrogen (secondary N) is 1. The van der Waals surface area contributed by atoms with E-state index in [0.29, 0.717) is 13.1 Å². The van der Waals surface area contributed by atoms with Crippen molar-refractivity contribution in [3.05, 3.63) is 53.3 Å². The number of ether oxygens (including phenoxy) is 1. The molecule has 1 aliphatic heterocycles. The first-order chi connectivity index (χ1) is 12.3. The van der Waals surface area contributed by atoms with E-state index in [0.717, 1.165) is 44.4 Å². The maximum atomic E-state index is 13.3. The second kappa shape index (κ2) is 7.40. The molecule has 2 aromatic rings. The predicted octanol–water partition coefficient (Wildman–Crippen LogP) is 2.72. The maximum Gasteiger partial charge on any atom is 0.226 e. The topological polar surface area (TPSA) is 58.2 Å². The van der Waals surface area contributed by atoms with E-state index in [1.165, 1.54) is 11.1 Å². The van der Waals surface area contributed by atoms with Gasteiger partial charge in [-0.1, -0.05) is 30.3 Å². The first-order valence-electron chi connectivity index (χ1n) is 9.25. The van der Waals surface area contributed by atoms with E-state index in [2.05, 4.69) is 22.3 Å². The molecule has 1 aromatic heterocycles. The quantitative estimate of drug-likeness (QED) is 0.911. The van der Waals surface area contributed by atoms with Crippen LogP contribution in [0.25, 0.3) is 0 Å². The Balaban J connectivity index is 1.49. The molecule has 0 spiro atoms. The summed E-state index contributed by atoms with van der Waals surface area (Å²) >= 11 is 0. The lowest BCUT2D eigenvalue weighted by Gasteiger charge is -2.31. The molecular weight excluding hydrogens is 314 g/mol. The Morgan fingerprint density at radius 3 is 2.96 bits per heavy atom. The van der Waals surface area contributed by atoms with E-state index < -0.39 is 0 Å². The van der Waals surface area contributed by atoms with Gasteiger partial charge >= 0.3 is 0 Å². The van der Waals surface area contributed by atoms with E-state index in [9.17, 15) is 4.79 Å². The van der Waals surface area contributed by atoms with Gasteiger partial charge in [-0.05, 0) is 36.8 Å². The normalized spacial score (nSPS) is 22.6. The summed E-state index contributed by atoms with van der Waals surface area (Å²) in [5.74, 6) is 0.290. The van der Waals surface area contributed by atoms with E-state index in [-0.39, 0.29) is 17.9 Å². The molecule has 1 aromatic carbocycles. The highest BCUT2D eigenvalue weighted by Gasteiger charge is 2.31. The number of hydrogen-bond acceptors (Lipinski definition) is 3. The Morgan fingerprint density at radius 2 is 2.16 bits per heavy atom. The number of nitrogens with zero attached hydrogens (tertiary/aromatic N) is 2. The van der Waals surface area contributed by atoms with Gasteiger partial charge in [-0.25, -0.2) is 0 Å². The van der Waals surface area contributed by atoms with Crippen LogP contribution in [0.5, 0.6) is 0 Å². The Labute approximate surface area is 148 Å². The van der Waals surface area contributed by atoms with Crippen molar-refractivity contribution in [2.24, 2.45) is 5.92 Å². The maximum absolute atomic E-state index is 13.3. The third-order valence-electron chi connectivity index (χ3n) is 5.35. The fourth-order valence-corrected chi connectivity index (χ4v) is 3.95. The fourth-order valence-electron chi connectivity index (χ4n) is 3.95. The standard InChI is InChI=1S/C20H25N3O2/c24-20(16-8-9-17-12-21-22-19(17)11-16)23(14-18-7-4-10-25-18)13-15-5-2-1-3-6-15/h1-3,5-6,12,16,18H,4,7-11,13-14H2,(H,21,22)/t16-,18+/m0/s1. The van der Waals surface area contributed by atoms with Crippen molar-refractivity contribution in [1.82, 2.24) is 15.1 Å². The molecule has 1 aliphatic carbocycles. The number of carbonyl (C=O) groups is 1. The molecule has 132 valence electrons. The van der Waals surface area contributed by atoms with Crippen LogP contribution in [0.1, 0.15) is 36.1 Å². The number of carbonyl (C=O) groups excluding carboxylic acids is 1. The van der Waals surface area contributed by atoms with E-state index in [1.807, 2.05) is 29.3 Å². The van der Waals surface area contributed by atoms with Crippen molar-refractivity contribution in [3.63, 3.8) is 0 Å². The van der Waals surface area contributed by atoms with E-state index >= 15 is 0 Å². The zero-order valence-corrected chi connectivity index (χ0v) is 14.5.